The van der Waals surface area contributed by atoms with Gasteiger partial charge in [0.1, 0.15) is 0 Å². The fraction of sp³-hybridized carbons (Fsp3) is 0.700. The summed E-state index contributed by atoms with van der Waals surface area (Å²) >= 11 is 0. The Bertz CT molecular complexity index is 417. The Kier molecular flexibility index (Phi) is 2.88. The summed E-state index contributed by atoms with van der Waals surface area (Å²) in [5, 5.41) is 25.7. The molecule has 2 N–H and O–H groups in total. The molecule has 1 fully saturated rings. The number of aromatic nitrogens is 3. The van der Waals surface area contributed by atoms with Gasteiger partial charge in [0.05, 0.1) is 17.8 Å². The van der Waals surface area contributed by atoms with Crippen molar-refractivity contribution in [3.05, 3.63) is 11.9 Å². The van der Waals surface area contributed by atoms with Gasteiger partial charge in [-0.1, -0.05) is 5.21 Å². The summed E-state index contributed by atoms with van der Waals surface area (Å²) in [5.41, 5.74) is -0.745. The van der Waals surface area contributed by atoms with Gasteiger partial charge in [0.25, 0.3) is 0 Å². The summed E-state index contributed by atoms with van der Waals surface area (Å²) in [7, 11) is 0. The lowest BCUT2D eigenvalue weighted by Gasteiger charge is -2.41. The van der Waals surface area contributed by atoms with Crippen molar-refractivity contribution in [2.24, 2.45) is 0 Å². The number of carboxylic acids is 1. The van der Waals surface area contributed by atoms with E-state index in [2.05, 4.69) is 15.2 Å². The Hall–Kier alpha value is -1.47. The molecule has 1 aliphatic rings. The molecule has 0 aliphatic carbocycles. The van der Waals surface area contributed by atoms with Gasteiger partial charge in [0, 0.05) is 19.6 Å². The maximum absolute atomic E-state index is 10.6. The zero-order valence-electron chi connectivity index (χ0n) is 9.87. The minimum atomic E-state index is -1.07. The van der Waals surface area contributed by atoms with Gasteiger partial charge in [-0.15, -0.1) is 5.10 Å². The number of nitrogens with zero attached hydrogens (tertiary/aromatic N) is 4. The van der Waals surface area contributed by atoms with Crippen LogP contribution in [0.15, 0.2) is 6.20 Å². The summed E-state index contributed by atoms with van der Waals surface area (Å²) in [5.74, 6) is -1.07. The fourth-order valence-electron chi connectivity index (χ4n) is 1.94. The van der Waals surface area contributed by atoms with Gasteiger partial charge in [-0.2, -0.15) is 0 Å². The summed E-state index contributed by atoms with van der Waals surface area (Å²) in [6.07, 6.45) is 1.44. The molecule has 2 rings (SSSR count). The number of rotatable bonds is 4. The number of aliphatic hydroxyl groups is 1. The first-order valence-corrected chi connectivity index (χ1v) is 5.45. The van der Waals surface area contributed by atoms with E-state index in [4.69, 9.17) is 5.11 Å². The van der Waals surface area contributed by atoms with Crippen molar-refractivity contribution < 1.29 is 15.0 Å². The van der Waals surface area contributed by atoms with E-state index in [-0.39, 0.29) is 11.7 Å². The first-order chi connectivity index (χ1) is 7.85. The van der Waals surface area contributed by atoms with Crippen molar-refractivity contribution in [1.29, 1.82) is 0 Å². The first kappa shape index (κ1) is 12.0. The van der Waals surface area contributed by atoms with Crippen LogP contribution in [0.4, 0.5) is 0 Å². The quantitative estimate of drug-likeness (QED) is 0.744. The van der Waals surface area contributed by atoms with Crippen LogP contribution in [0.2, 0.25) is 0 Å². The molecule has 0 saturated carbocycles. The molecule has 1 saturated heterocycles. The Balaban J connectivity index is 1.89. The molecule has 94 valence electrons. The highest BCUT2D eigenvalue weighted by Gasteiger charge is 2.32. The van der Waals surface area contributed by atoms with E-state index in [9.17, 15) is 9.90 Å². The molecule has 0 aromatic carbocycles. The number of β-amino-alcohol motifs (C(OH)–C–C–N with tert-alkyl or cyclic N) is 1. The molecule has 0 spiro atoms. The lowest BCUT2D eigenvalue weighted by atomic mass is 10.0. The monoisotopic (exact) mass is 240 g/mol. The smallest absolute Gasteiger partial charge is 0.358 e. The van der Waals surface area contributed by atoms with Crippen LogP contribution in [0.25, 0.3) is 0 Å². The molecule has 1 aliphatic heterocycles. The first-order valence-electron chi connectivity index (χ1n) is 5.45. The molecule has 0 atom stereocenters. The van der Waals surface area contributed by atoms with Crippen LogP contribution in [0, 0.1) is 0 Å². The number of aromatic carboxylic acids is 1. The normalized spacial score (nSPS) is 18.1. The summed E-state index contributed by atoms with van der Waals surface area (Å²) in [6, 6.07) is 0.151. The van der Waals surface area contributed by atoms with Gasteiger partial charge in [0.15, 0.2) is 5.69 Å². The number of hydrogen-bond acceptors (Lipinski definition) is 5. The second-order valence-electron chi connectivity index (χ2n) is 5.05. The standard InChI is InChI=1S/C10H16N4O3/c1-10(2,17)6-13-3-7(4-13)14-5-8(9(15)16)11-12-14/h5,7,17H,3-4,6H2,1-2H3,(H,15,16). The van der Waals surface area contributed by atoms with E-state index in [1.165, 1.54) is 6.20 Å². The number of hydrogen-bond donors (Lipinski definition) is 2. The third-order valence-corrected chi connectivity index (χ3v) is 2.65. The van der Waals surface area contributed by atoms with Crippen molar-refractivity contribution in [1.82, 2.24) is 19.9 Å². The van der Waals surface area contributed by atoms with Crippen LogP contribution < -0.4 is 0 Å². The highest BCUT2D eigenvalue weighted by molar-refractivity contribution is 5.84. The number of carboxylic acid groups (broad SMARTS) is 1. The second-order valence-corrected chi connectivity index (χ2v) is 5.05. The average molecular weight is 240 g/mol. The van der Waals surface area contributed by atoms with Crippen LogP contribution in [0.5, 0.6) is 0 Å². The Labute approximate surface area is 98.7 Å². The van der Waals surface area contributed by atoms with Gasteiger partial charge < -0.3 is 10.2 Å². The van der Waals surface area contributed by atoms with Crippen LogP contribution in [0.3, 0.4) is 0 Å². The van der Waals surface area contributed by atoms with Crippen LogP contribution in [-0.4, -0.2) is 61.3 Å². The molecule has 0 bridgehead atoms. The molecule has 7 heteroatoms. The second kappa shape index (κ2) is 4.08. The van der Waals surface area contributed by atoms with Gasteiger partial charge in [-0.3, -0.25) is 4.90 Å². The molecule has 1 aromatic heterocycles. The number of carbonyl (C=O) groups is 1. The lowest BCUT2D eigenvalue weighted by Crippen LogP contribution is -2.52. The van der Waals surface area contributed by atoms with E-state index >= 15 is 0 Å². The van der Waals surface area contributed by atoms with Gasteiger partial charge in [0.2, 0.25) is 0 Å². The molecule has 0 unspecified atom stereocenters. The Morgan fingerprint density at radius 1 is 1.59 bits per heavy atom. The molecular formula is C10H16N4O3. The Morgan fingerprint density at radius 3 is 2.71 bits per heavy atom. The average Bonchev–Trinajstić information content (AvgIpc) is 2.57. The number of likely N-dealkylation sites (tertiary alicyclic amines) is 1. The largest absolute Gasteiger partial charge is 0.476 e. The Morgan fingerprint density at radius 2 is 2.24 bits per heavy atom. The van der Waals surface area contributed by atoms with Crippen LogP contribution >= 0.6 is 0 Å². The predicted molar refractivity (Wildman–Crippen MR) is 58.8 cm³/mol. The van der Waals surface area contributed by atoms with E-state index in [0.717, 1.165) is 13.1 Å². The van der Waals surface area contributed by atoms with E-state index in [1.807, 2.05) is 0 Å². The van der Waals surface area contributed by atoms with Crippen LogP contribution in [-0.2, 0) is 0 Å². The molecule has 1 aromatic rings. The molecule has 7 nitrogen and oxygen atoms in total. The van der Waals surface area contributed by atoms with E-state index < -0.39 is 11.6 Å². The molecule has 2 heterocycles. The lowest BCUT2D eigenvalue weighted by molar-refractivity contribution is -0.00693. The fourth-order valence-corrected chi connectivity index (χ4v) is 1.94. The van der Waals surface area contributed by atoms with Crippen molar-refractivity contribution >= 4 is 5.97 Å². The van der Waals surface area contributed by atoms with Crippen molar-refractivity contribution in [2.75, 3.05) is 19.6 Å². The highest BCUT2D eigenvalue weighted by atomic mass is 16.4. The SMILES string of the molecule is CC(C)(O)CN1CC(n2cc(C(=O)O)nn2)C1. The third-order valence-electron chi connectivity index (χ3n) is 2.65. The minimum absolute atomic E-state index is 0.0362. The molecule has 17 heavy (non-hydrogen) atoms. The van der Waals surface area contributed by atoms with Crippen LogP contribution in [0.1, 0.15) is 30.4 Å². The molecular weight excluding hydrogens is 224 g/mol. The van der Waals surface area contributed by atoms with Gasteiger partial charge >= 0.3 is 5.97 Å². The van der Waals surface area contributed by atoms with Gasteiger partial charge in [-0.25, -0.2) is 9.48 Å². The molecule has 0 amide bonds. The predicted octanol–water partition coefficient (Wildman–Crippen LogP) is -0.396. The van der Waals surface area contributed by atoms with E-state index in [1.54, 1.807) is 18.5 Å². The van der Waals surface area contributed by atoms with Crippen molar-refractivity contribution in [2.45, 2.75) is 25.5 Å². The zero-order valence-corrected chi connectivity index (χ0v) is 9.87. The summed E-state index contributed by atoms with van der Waals surface area (Å²) in [6.45, 7) is 5.64. The third kappa shape index (κ3) is 2.80. The molecule has 0 radical (unpaired) electrons. The maximum Gasteiger partial charge on any atom is 0.358 e. The maximum atomic E-state index is 10.6. The van der Waals surface area contributed by atoms with E-state index in [0.29, 0.717) is 6.54 Å². The summed E-state index contributed by atoms with van der Waals surface area (Å²) in [4.78, 5) is 12.7. The highest BCUT2D eigenvalue weighted by Crippen LogP contribution is 2.22. The van der Waals surface area contributed by atoms with Gasteiger partial charge in [-0.05, 0) is 13.8 Å². The minimum Gasteiger partial charge on any atom is -0.476 e. The van der Waals surface area contributed by atoms with Crippen molar-refractivity contribution in [3.8, 4) is 0 Å². The topological polar surface area (TPSA) is 91.5 Å². The van der Waals surface area contributed by atoms with Crippen molar-refractivity contribution in [3.63, 3.8) is 0 Å². The summed E-state index contributed by atoms with van der Waals surface area (Å²) < 4.78 is 1.57. The zero-order chi connectivity index (χ0) is 12.6.